The van der Waals surface area contributed by atoms with E-state index in [9.17, 15) is 0 Å². The average molecular weight is 432 g/mol. The number of benzene rings is 4. The van der Waals surface area contributed by atoms with Gasteiger partial charge in [0.1, 0.15) is 11.4 Å². The maximum absolute atomic E-state index is 2.56. The molecule has 164 valence electrons. The first-order valence-corrected chi connectivity index (χ1v) is 11.9. The highest BCUT2D eigenvalue weighted by Crippen LogP contribution is 2.54. The van der Waals surface area contributed by atoms with Gasteiger partial charge in [-0.2, -0.15) is 0 Å². The monoisotopic (exact) mass is 431 g/mol. The third-order valence-electron chi connectivity index (χ3n) is 7.54. The summed E-state index contributed by atoms with van der Waals surface area (Å²) in [6.45, 7) is 13.4. The summed E-state index contributed by atoms with van der Waals surface area (Å²) < 4.78 is 2.56. The lowest BCUT2D eigenvalue weighted by Gasteiger charge is -2.22. The summed E-state index contributed by atoms with van der Waals surface area (Å²) in [7, 11) is 0. The van der Waals surface area contributed by atoms with Crippen LogP contribution in [0.5, 0.6) is 0 Å². The molecule has 1 heterocycles. The van der Waals surface area contributed by atoms with Crippen LogP contribution in [-0.4, -0.2) is 10.9 Å². The minimum Gasteiger partial charge on any atom is -0.221 e. The summed E-state index contributed by atoms with van der Waals surface area (Å²) in [4.78, 5) is 2.56. The van der Waals surface area contributed by atoms with E-state index in [1.54, 1.807) is 0 Å². The first-order valence-electron chi connectivity index (χ1n) is 11.9. The van der Waals surface area contributed by atoms with E-state index in [0.717, 1.165) is 0 Å². The molecular formula is C31H31N2+. The highest BCUT2D eigenvalue weighted by molar-refractivity contribution is 5.96. The molecule has 0 amide bonds. The molecule has 33 heavy (non-hydrogen) atoms. The third-order valence-corrected chi connectivity index (χ3v) is 7.54. The van der Waals surface area contributed by atoms with E-state index < -0.39 is 0 Å². The number of aryl methyl sites for hydroxylation is 6. The summed E-state index contributed by atoms with van der Waals surface area (Å²) in [5.41, 5.74) is 13.6. The average Bonchev–Trinajstić information content (AvgIpc) is 3.26. The summed E-state index contributed by atoms with van der Waals surface area (Å²) in [6, 6.07) is 23.4. The fraction of sp³-hybridized carbons (Fsp3) is 0.258. The fourth-order valence-electron chi connectivity index (χ4n) is 6.67. The summed E-state index contributed by atoms with van der Waals surface area (Å²) in [5.74, 6) is 0. The van der Waals surface area contributed by atoms with E-state index in [1.807, 2.05) is 0 Å². The maximum atomic E-state index is 2.56. The van der Waals surface area contributed by atoms with E-state index in [2.05, 4.69) is 118 Å². The van der Waals surface area contributed by atoms with Crippen LogP contribution in [0.25, 0.3) is 10.8 Å². The van der Waals surface area contributed by atoms with Gasteiger partial charge in [0.2, 0.25) is 6.34 Å². The first kappa shape index (κ1) is 20.2. The van der Waals surface area contributed by atoms with Crippen LogP contribution in [0.3, 0.4) is 0 Å². The minimum atomic E-state index is 0.256. The van der Waals surface area contributed by atoms with Gasteiger partial charge in [0, 0.05) is 11.1 Å². The molecule has 1 aliphatic carbocycles. The molecule has 0 fully saturated rings. The Bertz CT molecular complexity index is 1440. The van der Waals surface area contributed by atoms with Crippen molar-refractivity contribution in [2.24, 2.45) is 0 Å². The van der Waals surface area contributed by atoms with Crippen molar-refractivity contribution in [2.75, 3.05) is 4.90 Å². The van der Waals surface area contributed by atoms with Gasteiger partial charge < -0.3 is 0 Å². The lowest BCUT2D eigenvalue weighted by atomic mass is 9.98. The topological polar surface area (TPSA) is 6.25 Å². The Balaban J connectivity index is 1.67. The molecule has 0 aromatic heterocycles. The van der Waals surface area contributed by atoms with Gasteiger partial charge in [-0.15, -0.1) is 0 Å². The Morgan fingerprint density at radius 3 is 1.82 bits per heavy atom. The van der Waals surface area contributed by atoms with Gasteiger partial charge in [0.05, 0.1) is 0 Å². The summed E-state index contributed by atoms with van der Waals surface area (Å²) in [5, 5.41) is 2.77. The molecule has 4 aromatic carbocycles. The Labute approximate surface area is 196 Å². The number of nitrogens with zero attached hydrogens (tertiary/aromatic N) is 2. The molecule has 0 radical (unpaired) electrons. The molecule has 0 bridgehead atoms. The molecule has 0 unspecified atom stereocenters. The van der Waals surface area contributed by atoms with E-state index >= 15 is 0 Å². The van der Waals surface area contributed by atoms with E-state index in [4.69, 9.17) is 0 Å². The van der Waals surface area contributed by atoms with E-state index in [1.165, 1.54) is 66.7 Å². The predicted octanol–water partition coefficient (Wildman–Crippen LogP) is 7.68. The molecule has 1 aliphatic heterocycles. The number of fused-ring (bicyclic) bond motifs is 3. The van der Waals surface area contributed by atoms with Crippen molar-refractivity contribution < 1.29 is 4.58 Å². The molecule has 2 heteroatoms. The molecule has 2 aliphatic rings. The van der Waals surface area contributed by atoms with Crippen LogP contribution < -0.4 is 4.90 Å². The van der Waals surface area contributed by atoms with E-state index in [0.29, 0.717) is 0 Å². The molecule has 2 atom stereocenters. The smallest absolute Gasteiger partial charge is 0.221 e. The van der Waals surface area contributed by atoms with Crippen LogP contribution in [0.2, 0.25) is 0 Å². The Kier molecular flexibility index (Phi) is 4.32. The van der Waals surface area contributed by atoms with Crippen LogP contribution >= 0.6 is 0 Å². The highest BCUT2D eigenvalue weighted by Gasteiger charge is 2.52. The summed E-state index contributed by atoms with van der Waals surface area (Å²) >= 11 is 0. The van der Waals surface area contributed by atoms with Gasteiger partial charge in [-0.3, -0.25) is 0 Å². The third kappa shape index (κ3) is 2.83. The van der Waals surface area contributed by atoms with Crippen LogP contribution in [0.15, 0.2) is 60.7 Å². The lowest BCUT2D eigenvalue weighted by Crippen LogP contribution is -2.25. The van der Waals surface area contributed by atoms with Gasteiger partial charge in [-0.25, -0.2) is 9.48 Å². The van der Waals surface area contributed by atoms with Gasteiger partial charge in [-0.1, -0.05) is 71.8 Å². The standard InChI is InChI=1S/C31H31N2/c1-18-13-20(3)28(21(4)14-18)32-17-33(29-22(5)15-19(2)16-23(29)6)31-26-12-8-10-24-9-7-11-25(27(24)26)30(31)32/h7-17,30-31H,1-6H3/q+1/t30-,31+. The second kappa shape index (κ2) is 7.05. The van der Waals surface area contributed by atoms with Crippen molar-refractivity contribution in [1.82, 2.24) is 0 Å². The minimum absolute atomic E-state index is 0.256. The second-order valence-corrected chi connectivity index (χ2v) is 10.1. The highest BCUT2D eigenvalue weighted by atomic mass is 15.3. The Hall–Kier alpha value is -3.39. The van der Waals surface area contributed by atoms with E-state index in [-0.39, 0.29) is 12.1 Å². The number of hydrogen-bond acceptors (Lipinski definition) is 1. The quantitative estimate of drug-likeness (QED) is 0.295. The lowest BCUT2D eigenvalue weighted by molar-refractivity contribution is -0.480. The van der Waals surface area contributed by atoms with Crippen LogP contribution in [0, 0.1) is 41.5 Å². The molecule has 0 saturated heterocycles. The molecule has 4 aromatic rings. The second-order valence-electron chi connectivity index (χ2n) is 10.1. The van der Waals surface area contributed by atoms with Crippen molar-refractivity contribution in [3.05, 3.63) is 105 Å². The Morgan fingerprint density at radius 1 is 0.667 bits per heavy atom. The zero-order valence-corrected chi connectivity index (χ0v) is 20.4. The maximum Gasteiger partial charge on any atom is 0.245 e. The largest absolute Gasteiger partial charge is 0.245 e. The van der Waals surface area contributed by atoms with Crippen LogP contribution in [0.4, 0.5) is 11.4 Å². The number of hydrogen-bond donors (Lipinski definition) is 0. The van der Waals surface area contributed by atoms with Crippen molar-refractivity contribution in [2.45, 2.75) is 53.6 Å². The summed E-state index contributed by atoms with van der Waals surface area (Å²) in [6.07, 6.45) is 2.39. The van der Waals surface area contributed by atoms with Gasteiger partial charge in [-0.05, 0) is 74.6 Å². The molecule has 6 rings (SSSR count). The fourth-order valence-corrected chi connectivity index (χ4v) is 6.67. The molecule has 0 N–H and O–H groups in total. The normalized spacial score (nSPS) is 18.7. The SMILES string of the molecule is Cc1cc(C)c(N2C=[N+](c3c(C)cc(C)cc3C)[C@H]3c4cccc5cccc(c45)[C@H]32)c(C)c1. The van der Waals surface area contributed by atoms with Crippen molar-refractivity contribution in [3.63, 3.8) is 0 Å². The molecule has 0 saturated carbocycles. The van der Waals surface area contributed by atoms with Gasteiger partial charge in [0.25, 0.3) is 0 Å². The van der Waals surface area contributed by atoms with Gasteiger partial charge in [0.15, 0.2) is 12.1 Å². The van der Waals surface area contributed by atoms with Gasteiger partial charge >= 0.3 is 0 Å². The number of rotatable bonds is 2. The zero-order chi connectivity index (χ0) is 23.0. The molecule has 2 nitrogen and oxygen atoms in total. The van der Waals surface area contributed by atoms with Crippen molar-refractivity contribution >= 4 is 28.5 Å². The van der Waals surface area contributed by atoms with Crippen LogP contribution in [0.1, 0.15) is 56.6 Å². The molecular weight excluding hydrogens is 400 g/mol. The van der Waals surface area contributed by atoms with Crippen molar-refractivity contribution in [3.8, 4) is 0 Å². The van der Waals surface area contributed by atoms with Crippen LogP contribution in [-0.2, 0) is 0 Å². The predicted molar refractivity (Wildman–Crippen MR) is 139 cm³/mol. The van der Waals surface area contributed by atoms with Crippen molar-refractivity contribution in [1.29, 1.82) is 0 Å². The first-order chi connectivity index (χ1) is 15.8. The number of anilines is 1. The zero-order valence-electron chi connectivity index (χ0n) is 20.4. The Morgan fingerprint density at radius 2 is 1.21 bits per heavy atom. The molecule has 0 spiro atoms.